The third-order valence-electron chi connectivity index (χ3n) is 5.14. The van der Waals surface area contributed by atoms with E-state index in [0.717, 1.165) is 43.4 Å². The van der Waals surface area contributed by atoms with E-state index in [1.54, 1.807) is 0 Å². The van der Waals surface area contributed by atoms with Crippen LogP contribution in [0.4, 0.5) is 0 Å². The standard InChI is InChI=1S/C21H36N2O6S/c24-19(22-18-23-20(25)15-16-21(23)26)14-12-10-8-6-4-2-1-3-5-7-9-11-13-17-30(27,28)29/h15-16H,1-14,17-18H2,(H,22,24)(H,27,28,29). The molecule has 0 fully saturated rings. The van der Waals surface area contributed by atoms with Crippen molar-refractivity contribution < 1.29 is 27.4 Å². The highest BCUT2D eigenvalue weighted by molar-refractivity contribution is 7.85. The van der Waals surface area contributed by atoms with Crippen molar-refractivity contribution >= 4 is 27.8 Å². The maximum Gasteiger partial charge on any atom is 0.264 e. The Hall–Kier alpha value is -1.74. The second-order valence-corrected chi connectivity index (χ2v) is 9.40. The van der Waals surface area contributed by atoms with Crippen molar-refractivity contribution in [1.29, 1.82) is 0 Å². The molecule has 8 nitrogen and oxygen atoms in total. The van der Waals surface area contributed by atoms with Gasteiger partial charge in [0.05, 0.1) is 5.75 Å². The van der Waals surface area contributed by atoms with Gasteiger partial charge < -0.3 is 5.32 Å². The second kappa shape index (κ2) is 15.1. The Morgan fingerprint density at radius 3 is 1.60 bits per heavy atom. The molecular weight excluding hydrogens is 408 g/mol. The van der Waals surface area contributed by atoms with Crippen LogP contribution in [0.3, 0.4) is 0 Å². The summed E-state index contributed by atoms with van der Waals surface area (Å²) in [5.41, 5.74) is 0. The molecule has 0 bridgehead atoms. The SMILES string of the molecule is O=C(CCCCCCCCCCCCCCCS(=O)(=O)O)NCN1C(=O)C=CC1=O. The van der Waals surface area contributed by atoms with Crippen molar-refractivity contribution in [3.8, 4) is 0 Å². The van der Waals surface area contributed by atoms with E-state index in [2.05, 4.69) is 5.32 Å². The topological polar surface area (TPSA) is 121 Å². The monoisotopic (exact) mass is 444 g/mol. The smallest absolute Gasteiger partial charge is 0.264 e. The minimum absolute atomic E-state index is 0.0614. The predicted molar refractivity (Wildman–Crippen MR) is 115 cm³/mol. The van der Waals surface area contributed by atoms with E-state index < -0.39 is 21.9 Å². The van der Waals surface area contributed by atoms with Crippen LogP contribution < -0.4 is 5.32 Å². The largest absolute Gasteiger partial charge is 0.338 e. The lowest BCUT2D eigenvalue weighted by molar-refractivity contribution is -0.137. The summed E-state index contributed by atoms with van der Waals surface area (Å²) in [5.74, 6) is -1.05. The maximum absolute atomic E-state index is 11.8. The first-order chi connectivity index (χ1) is 14.3. The minimum Gasteiger partial charge on any atom is -0.338 e. The summed E-state index contributed by atoms with van der Waals surface area (Å²) < 4.78 is 29.8. The molecule has 2 N–H and O–H groups in total. The Kier molecular flexibility index (Phi) is 13.3. The third kappa shape index (κ3) is 13.5. The van der Waals surface area contributed by atoms with Gasteiger partial charge in [-0.2, -0.15) is 8.42 Å². The van der Waals surface area contributed by atoms with Crippen LogP contribution in [-0.4, -0.2) is 48.0 Å². The molecule has 0 spiro atoms. The first-order valence-corrected chi connectivity index (χ1v) is 12.7. The molecule has 9 heteroatoms. The minimum atomic E-state index is -3.80. The molecule has 0 saturated carbocycles. The normalized spacial score (nSPS) is 14.0. The van der Waals surface area contributed by atoms with Gasteiger partial charge in [-0.05, 0) is 12.8 Å². The van der Waals surface area contributed by atoms with Crippen molar-refractivity contribution in [1.82, 2.24) is 10.2 Å². The third-order valence-corrected chi connectivity index (χ3v) is 5.95. The number of imide groups is 1. The molecule has 0 radical (unpaired) electrons. The Morgan fingerprint density at radius 1 is 0.767 bits per heavy atom. The average Bonchev–Trinajstić information content (AvgIpc) is 3.00. The van der Waals surface area contributed by atoms with Gasteiger partial charge in [0, 0.05) is 18.6 Å². The highest BCUT2D eigenvalue weighted by Crippen LogP contribution is 2.13. The van der Waals surface area contributed by atoms with Crippen molar-refractivity contribution in [3.63, 3.8) is 0 Å². The van der Waals surface area contributed by atoms with Crippen LogP contribution >= 0.6 is 0 Å². The number of rotatable bonds is 18. The van der Waals surface area contributed by atoms with Crippen LogP contribution in [0.2, 0.25) is 0 Å². The van der Waals surface area contributed by atoms with Gasteiger partial charge in [-0.15, -0.1) is 0 Å². The zero-order chi connectivity index (χ0) is 22.2. The molecule has 0 aromatic carbocycles. The summed E-state index contributed by atoms with van der Waals surface area (Å²) >= 11 is 0. The van der Waals surface area contributed by atoms with Gasteiger partial charge in [-0.1, -0.05) is 70.6 Å². The molecule has 1 aliphatic rings. The molecule has 172 valence electrons. The Morgan fingerprint density at radius 2 is 1.17 bits per heavy atom. The lowest BCUT2D eigenvalue weighted by Crippen LogP contribution is -2.40. The molecule has 0 aliphatic carbocycles. The summed E-state index contributed by atoms with van der Waals surface area (Å²) in [4.78, 5) is 35.5. The number of nitrogens with zero attached hydrogens (tertiary/aromatic N) is 1. The summed E-state index contributed by atoms with van der Waals surface area (Å²) in [5, 5.41) is 2.61. The van der Waals surface area contributed by atoms with E-state index in [-0.39, 0.29) is 18.3 Å². The van der Waals surface area contributed by atoms with Crippen LogP contribution in [0.5, 0.6) is 0 Å². The van der Waals surface area contributed by atoms with Crippen LogP contribution in [-0.2, 0) is 24.5 Å². The Balaban J connectivity index is 1.80. The van der Waals surface area contributed by atoms with E-state index in [9.17, 15) is 22.8 Å². The average molecular weight is 445 g/mol. The molecule has 0 atom stereocenters. The Bertz CT molecular complexity index is 657. The molecule has 1 rings (SSSR count). The van der Waals surface area contributed by atoms with Crippen molar-refractivity contribution in [2.75, 3.05) is 12.4 Å². The highest BCUT2D eigenvalue weighted by Gasteiger charge is 2.23. The van der Waals surface area contributed by atoms with Crippen molar-refractivity contribution in [3.05, 3.63) is 12.2 Å². The van der Waals surface area contributed by atoms with Crippen LogP contribution in [0.1, 0.15) is 89.9 Å². The first-order valence-electron chi connectivity index (χ1n) is 11.0. The molecule has 0 unspecified atom stereocenters. The maximum atomic E-state index is 11.8. The van der Waals surface area contributed by atoms with E-state index in [1.165, 1.54) is 50.7 Å². The van der Waals surface area contributed by atoms with Crippen LogP contribution in [0.25, 0.3) is 0 Å². The van der Waals surface area contributed by atoms with Gasteiger partial charge in [-0.3, -0.25) is 23.8 Å². The van der Waals surface area contributed by atoms with Gasteiger partial charge in [-0.25, -0.2) is 0 Å². The number of hydrogen-bond donors (Lipinski definition) is 2. The molecular formula is C21H36N2O6S. The van der Waals surface area contributed by atoms with E-state index in [1.807, 2.05) is 0 Å². The number of hydrogen-bond acceptors (Lipinski definition) is 5. The molecule has 3 amide bonds. The number of unbranched alkanes of at least 4 members (excludes halogenated alkanes) is 12. The van der Waals surface area contributed by atoms with Gasteiger partial charge in [0.15, 0.2) is 0 Å². The lowest BCUT2D eigenvalue weighted by atomic mass is 10.0. The van der Waals surface area contributed by atoms with E-state index >= 15 is 0 Å². The Labute approximate surface area is 180 Å². The van der Waals surface area contributed by atoms with E-state index in [4.69, 9.17) is 4.55 Å². The number of amides is 3. The fourth-order valence-corrected chi connectivity index (χ4v) is 3.93. The number of nitrogens with one attached hydrogen (secondary N) is 1. The molecule has 1 aliphatic heterocycles. The van der Waals surface area contributed by atoms with Gasteiger partial charge in [0.1, 0.15) is 6.67 Å². The molecule has 0 aromatic heterocycles. The number of carbonyl (C=O) groups excluding carboxylic acids is 3. The quantitative estimate of drug-likeness (QED) is 0.190. The zero-order valence-electron chi connectivity index (χ0n) is 17.8. The van der Waals surface area contributed by atoms with Gasteiger partial charge >= 0.3 is 0 Å². The predicted octanol–water partition coefficient (Wildman–Crippen LogP) is 3.33. The van der Waals surface area contributed by atoms with E-state index in [0.29, 0.717) is 12.8 Å². The lowest BCUT2D eigenvalue weighted by Gasteiger charge is -2.14. The fourth-order valence-electron chi connectivity index (χ4n) is 3.36. The van der Waals surface area contributed by atoms with Crippen LogP contribution in [0, 0.1) is 0 Å². The first kappa shape index (κ1) is 26.3. The fraction of sp³-hybridized carbons (Fsp3) is 0.762. The van der Waals surface area contributed by atoms with Crippen molar-refractivity contribution in [2.24, 2.45) is 0 Å². The zero-order valence-corrected chi connectivity index (χ0v) is 18.6. The summed E-state index contributed by atoms with van der Waals surface area (Å²) in [6, 6.07) is 0. The molecule has 0 saturated heterocycles. The highest BCUT2D eigenvalue weighted by atomic mass is 32.2. The summed E-state index contributed by atoms with van der Waals surface area (Å²) in [6.07, 6.45) is 16.4. The molecule has 30 heavy (non-hydrogen) atoms. The second-order valence-electron chi connectivity index (χ2n) is 7.83. The van der Waals surface area contributed by atoms with Crippen LogP contribution in [0.15, 0.2) is 12.2 Å². The molecule has 1 heterocycles. The molecule has 0 aromatic rings. The van der Waals surface area contributed by atoms with Crippen molar-refractivity contribution in [2.45, 2.75) is 89.9 Å². The van der Waals surface area contributed by atoms with Gasteiger partial charge in [0.2, 0.25) is 5.91 Å². The number of carbonyl (C=O) groups is 3. The summed E-state index contributed by atoms with van der Waals surface area (Å²) in [6.45, 7) is -0.0614. The summed E-state index contributed by atoms with van der Waals surface area (Å²) in [7, 11) is -3.80. The van der Waals surface area contributed by atoms with Gasteiger partial charge in [0.25, 0.3) is 21.9 Å².